The molecule has 0 unspecified atom stereocenters. The molecule has 0 aliphatic heterocycles. The Morgan fingerprint density at radius 3 is 2.62 bits per heavy atom. The van der Waals surface area contributed by atoms with Gasteiger partial charge in [-0.15, -0.1) is 0 Å². The highest BCUT2D eigenvalue weighted by Crippen LogP contribution is 2.17. The summed E-state index contributed by atoms with van der Waals surface area (Å²) in [5.41, 5.74) is 2.18. The van der Waals surface area contributed by atoms with Crippen molar-refractivity contribution in [2.24, 2.45) is 5.92 Å². The van der Waals surface area contributed by atoms with Crippen molar-refractivity contribution in [2.45, 2.75) is 27.7 Å². The maximum Gasteiger partial charge on any atom is 0.194 e. The summed E-state index contributed by atoms with van der Waals surface area (Å²) in [6, 6.07) is 3.65. The third kappa shape index (κ3) is 5.03. The van der Waals surface area contributed by atoms with Crippen LogP contribution in [0.5, 0.6) is 0 Å². The van der Waals surface area contributed by atoms with E-state index in [4.69, 9.17) is 0 Å². The van der Waals surface area contributed by atoms with Crippen molar-refractivity contribution in [3.63, 3.8) is 0 Å². The fourth-order valence-corrected chi connectivity index (χ4v) is 1.90. The van der Waals surface area contributed by atoms with Gasteiger partial charge >= 0.3 is 0 Å². The summed E-state index contributed by atoms with van der Waals surface area (Å²) in [6.07, 6.45) is 6.96. The first-order valence-corrected chi connectivity index (χ1v) is 7.20. The van der Waals surface area contributed by atoms with Crippen LogP contribution in [0.15, 0.2) is 54.3 Å². The van der Waals surface area contributed by atoms with Gasteiger partial charge in [-0.2, -0.15) is 0 Å². The van der Waals surface area contributed by atoms with Crippen LogP contribution in [0, 0.1) is 5.92 Å². The van der Waals surface area contributed by atoms with Crippen LogP contribution in [0.2, 0.25) is 0 Å². The predicted molar refractivity (Wildman–Crippen MR) is 89.6 cm³/mol. The number of hydrogen-bond acceptors (Lipinski definition) is 3. The first-order valence-electron chi connectivity index (χ1n) is 7.20. The van der Waals surface area contributed by atoms with E-state index >= 15 is 0 Å². The summed E-state index contributed by atoms with van der Waals surface area (Å²) in [5, 5.41) is 3.23. The number of hydrogen-bond donors (Lipinski definition) is 1. The van der Waals surface area contributed by atoms with Crippen molar-refractivity contribution < 1.29 is 4.79 Å². The van der Waals surface area contributed by atoms with Crippen LogP contribution >= 0.6 is 0 Å². The average molecular weight is 284 g/mol. The lowest BCUT2D eigenvalue weighted by Gasteiger charge is -2.09. The lowest BCUT2D eigenvalue weighted by Crippen LogP contribution is -2.10. The minimum Gasteiger partial charge on any atom is -0.370 e. The second-order valence-electron chi connectivity index (χ2n) is 5.32. The number of pyridine rings is 1. The molecule has 21 heavy (non-hydrogen) atoms. The molecule has 0 aromatic carbocycles. The Hall–Kier alpha value is -2.16. The number of allylic oxidation sites excluding steroid dienone is 5. The van der Waals surface area contributed by atoms with E-state index in [0.717, 1.165) is 17.9 Å². The number of aromatic nitrogens is 1. The van der Waals surface area contributed by atoms with Gasteiger partial charge < -0.3 is 5.32 Å². The number of Topliss-reactive ketones (excluding diaryl/α,β-unsaturated/α-hetero) is 1. The minimum atomic E-state index is -0.0176. The second kappa shape index (κ2) is 8.20. The Balaban J connectivity index is 2.88. The first-order chi connectivity index (χ1) is 9.99. The highest BCUT2D eigenvalue weighted by Gasteiger charge is 2.13. The molecule has 0 atom stereocenters. The van der Waals surface area contributed by atoms with Crippen LogP contribution in [0.3, 0.4) is 0 Å². The van der Waals surface area contributed by atoms with Crippen molar-refractivity contribution >= 4 is 11.6 Å². The summed E-state index contributed by atoms with van der Waals surface area (Å²) in [4.78, 5) is 16.8. The summed E-state index contributed by atoms with van der Waals surface area (Å²) in [6.45, 7) is 12.6. The molecule has 0 fully saturated rings. The topological polar surface area (TPSA) is 42.0 Å². The monoisotopic (exact) mass is 284 g/mol. The molecule has 0 saturated carbocycles. The van der Waals surface area contributed by atoms with Crippen molar-refractivity contribution in [2.75, 3.05) is 11.9 Å². The number of nitrogens with zero attached hydrogens (tertiary/aromatic N) is 1. The summed E-state index contributed by atoms with van der Waals surface area (Å²) in [5.74, 6) is 1.33. The highest BCUT2D eigenvalue weighted by molar-refractivity contribution is 6.11. The molecule has 112 valence electrons. The Kier molecular flexibility index (Phi) is 6.60. The lowest BCUT2D eigenvalue weighted by atomic mass is 9.98. The summed E-state index contributed by atoms with van der Waals surface area (Å²) < 4.78 is 0. The third-order valence-corrected chi connectivity index (χ3v) is 3.04. The van der Waals surface area contributed by atoms with Crippen LogP contribution in [0.1, 0.15) is 38.1 Å². The molecule has 1 aromatic heterocycles. The van der Waals surface area contributed by atoms with Crippen LogP contribution in [0.25, 0.3) is 0 Å². The molecular formula is C18H24N2O. The quantitative estimate of drug-likeness (QED) is 0.458. The number of carbonyl (C=O) groups excluding carboxylic acids is 1. The number of rotatable bonds is 7. The van der Waals surface area contributed by atoms with Crippen LogP contribution in [-0.2, 0) is 0 Å². The SMILES string of the molecule is C=C/C=C(C)/C(=C\C)C(=O)c1ccc(NCC(C)C)nc1. The van der Waals surface area contributed by atoms with E-state index < -0.39 is 0 Å². The molecule has 0 saturated heterocycles. The van der Waals surface area contributed by atoms with Gasteiger partial charge in [0.2, 0.25) is 0 Å². The molecule has 1 rings (SSSR count). The zero-order chi connectivity index (χ0) is 15.8. The Labute approximate surface area is 127 Å². The molecule has 3 nitrogen and oxygen atoms in total. The molecule has 0 bridgehead atoms. The molecular weight excluding hydrogens is 260 g/mol. The molecule has 0 aliphatic rings. The van der Waals surface area contributed by atoms with Gasteiger partial charge in [0.1, 0.15) is 5.82 Å². The van der Waals surface area contributed by atoms with Crippen molar-refractivity contribution in [3.8, 4) is 0 Å². The molecule has 0 amide bonds. The van der Waals surface area contributed by atoms with E-state index in [1.165, 1.54) is 0 Å². The van der Waals surface area contributed by atoms with E-state index in [0.29, 0.717) is 17.1 Å². The zero-order valence-electron chi connectivity index (χ0n) is 13.3. The Morgan fingerprint density at radius 1 is 1.43 bits per heavy atom. The van der Waals surface area contributed by atoms with Gasteiger partial charge in [-0.05, 0) is 37.5 Å². The van der Waals surface area contributed by atoms with E-state index in [9.17, 15) is 4.79 Å². The second-order valence-corrected chi connectivity index (χ2v) is 5.32. The molecule has 0 radical (unpaired) electrons. The smallest absolute Gasteiger partial charge is 0.194 e. The number of nitrogens with one attached hydrogen (secondary N) is 1. The Bertz CT molecular complexity index is 551. The van der Waals surface area contributed by atoms with Crippen LogP contribution in [0.4, 0.5) is 5.82 Å². The largest absolute Gasteiger partial charge is 0.370 e. The number of ketones is 1. The molecule has 1 heterocycles. The van der Waals surface area contributed by atoms with Gasteiger partial charge in [-0.25, -0.2) is 4.98 Å². The van der Waals surface area contributed by atoms with Crippen molar-refractivity contribution in [1.82, 2.24) is 4.98 Å². The first kappa shape index (κ1) is 16.9. The van der Waals surface area contributed by atoms with Gasteiger partial charge in [0.15, 0.2) is 5.78 Å². The predicted octanol–water partition coefficient (Wildman–Crippen LogP) is 4.41. The molecule has 1 N–H and O–H groups in total. The maximum atomic E-state index is 12.5. The number of anilines is 1. The molecule has 3 heteroatoms. The minimum absolute atomic E-state index is 0.0176. The fraction of sp³-hybridized carbons (Fsp3) is 0.333. The van der Waals surface area contributed by atoms with Crippen molar-refractivity contribution in [1.29, 1.82) is 0 Å². The summed E-state index contributed by atoms with van der Waals surface area (Å²) in [7, 11) is 0. The van der Waals surface area contributed by atoms with Crippen LogP contribution in [-0.4, -0.2) is 17.3 Å². The lowest BCUT2D eigenvalue weighted by molar-refractivity contribution is 0.103. The fourth-order valence-electron chi connectivity index (χ4n) is 1.90. The van der Waals surface area contributed by atoms with E-state index in [1.54, 1.807) is 12.3 Å². The van der Waals surface area contributed by atoms with Gasteiger partial charge in [-0.1, -0.05) is 38.7 Å². The standard InChI is InChI=1S/C18H24N2O/c1-6-8-14(5)16(7-2)18(21)15-9-10-17(20-12-15)19-11-13(3)4/h6-10,12-13H,1,11H2,2-5H3,(H,19,20)/b14-8+,16-7+. The van der Waals surface area contributed by atoms with Gasteiger partial charge in [0.05, 0.1) is 0 Å². The molecule has 0 spiro atoms. The third-order valence-electron chi connectivity index (χ3n) is 3.04. The maximum absolute atomic E-state index is 12.5. The molecule has 0 aliphatic carbocycles. The van der Waals surface area contributed by atoms with E-state index in [-0.39, 0.29) is 5.78 Å². The van der Waals surface area contributed by atoms with Gasteiger partial charge in [0, 0.05) is 23.9 Å². The van der Waals surface area contributed by atoms with Gasteiger partial charge in [-0.3, -0.25) is 4.79 Å². The van der Waals surface area contributed by atoms with Crippen molar-refractivity contribution in [3.05, 3.63) is 59.8 Å². The molecule has 1 aromatic rings. The van der Waals surface area contributed by atoms with Crippen LogP contribution < -0.4 is 5.32 Å². The summed E-state index contributed by atoms with van der Waals surface area (Å²) >= 11 is 0. The van der Waals surface area contributed by atoms with E-state index in [1.807, 2.05) is 38.1 Å². The Morgan fingerprint density at radius 2 is 2.14 bits per heavy atom. The average Bonchev–Trinajstić information content (AvgIpc) is 2.46. The number of carbonyl (C=O) groups is 1. The van der Waals surface area contributed by atoms with Gasteiger partial charge in [0.25, 0.3) is 0 Å². The highest BCUT2D eigenvalue weighted by atomic mass is 16.1. The van der Waals surface area contributed by atoms with E-state index in [2.05, 4.69) is 30.7 Å². The zero-order valence-corrected chi connectivity index (χ0v) is 13.3. The normalized spacial score (nSPS) is 12.4.